The highest BCUT2D eigenvalue weighted by molar-refractivity contribution is 9.10. The van der Waals surface area contributed by atoms with Gasteiger partial charge < -0.3 is 4.74 Å². The van der Waals surface area contributed by atoms with Crippen molar-refractivity contribution >= 4 is 15.9 Å². The minimum absolute atomic E-state index is 0.654. The zero-order chi connectivity index (χ0) is 17.2. The van der Waals surface area contributed by atoms with Crippen molar-refractivity contribution in [1.82, 2.24) is 0 Å². The van der Waals surface area contributed by atoms with Crippen LogP contribution in [0, 0.1) is 17.8 Å². The van der Waals surface area contributed by atoms with E-state index in [9.17, 15) is 0 Å². The lowest BCUT2D eigenvalue weighted by molar-refractivity contribution is 0.233. The molecule has 0 N–H and O–H groups in total. The maximum atomic E-state index is 5.93. The van der Waals surface area contributed by atoms with Crippen molar-refractivity contribution in [3.63, 3.8) is 0 Å². The van der Waals surface area contributed by atoms with Gasteiger partial charge in [-0.3, -0.25) is 0 Å². The second-order valence-corrected chi connectivity index (χ2v) is 6.92. The van der Waals surface area contributed by atoms with E-state index in [0.29, 0.717) is 5.92 Å². The van der Waals surface area contributed by atoms with E-state index in [1.165, 1.54) is 25.7 Å². The number of halogens is 1. The highest BCUT2D eigenvalue weighted by atomic mass is 79.9. The van der Waals surface area contributed by atoms with Crippen molar-refractivity contribution in [2.45, 2.75) is 39.5 Å². The fraction of sp³-hybridized carbons (Fsp3) is 0.364. The summed E-state index contributed by atoms with van der Waals surface area (Å²) in [7, 11) is 0. The first kappa shape index (κ1) is 18.6. The molecule has 0 saturated carbocycles. The fourth-order valence-electron chi connectivity index (χ4n) is 2.42. The number of unbranched alkanes of at least 4 members (excludes halogenated alkanes) is 1. The minimum atomic E-state index is 0.654. The predicted molar refractivity (Wildman–Crippen MR) is 105 cm³/mol. The van der Waals surface area contributed by atoms with Gasteiger partial charge in [0.15, 0.2) is 0 Å². The molecule has 1 nitrogen and oxygen atoms in total. The topological polar surface area (TPSA) is 9.23 Å². The molecule has 0 fully saturated rings. The van der Waals surface area contributed by atoms with Crippen molar-refractivity contribution in [3.8, 4) is 17.6 Å². The highest BCUT2D eigenvalue weighted by Gasteiger charge is 2.06. The first-order valence-electron chi connectivity index (χ1n) is 8.71. The van der Waals surface area contributed by atoms with Gasteiger partial charge >= 0.3 is 0 Å². The SMILES string of the molecule is CCCCC(CC)COc1ccc(C#Cc2ccc(Br)cc2)cc1. The van der Waals surface area contributed by atoms with Crippen molar-refractivity contribution < 1.29 is 4.74 Å². The second-order valence-electron chi connectivity index (χ2n) is 6.01. The van der Waals surface area contributed by atoms with Crippen LogP contribution in [0.3, 0.4) is 0 Å². The molecule has 0 aliphatic heterocycles. The standard InChI is InChI=1S/C22H25BrO/c1-3-5-6-18(4-2)17-24-22-15-11-20(12-16-22)8-7-19-9-13-21(23)14-10-19/h9-16,18H,3-6,17H2,1-2H3. The number of hydrogen-bond donors (Lipinski definition) is 0. The second kappa shape index (κ2) is 10.2. The highest BCUT2D eigenvalue weighted by Crippen LogP contribution is 2.17. The molecular formula is C22H25BrO. The molecule has 0 aliphatic carbocycles. The van der Waals surface area contributed by atoms with Gasteiger partial charge in [-0.2, -0.15) is 0 Å². The Bertz CT molecular complexity index is 662. The molecule has 0 spiro atoms. The first-order chi connectivity index (χ1) is 11.7. The van der Waals surface area contributed by atoms with Crippen LogP contribution >= 0.6 is 15.9 Å². The summed E-state index contributed by atoms with van der Waals surface area (Å²) in [6.45, 7) is 5.28. The van der Waals surface area contributed by atoms with Crippen LogP contribution in [0.25, 0.3) is 0 Å². The van der Waals surface area contributed by atoms with E-state index < -0.39 is 0 Å². The average molecular weight is 385 g/mol. The molecular weight excluding hydrogens is 360 g/mol. The van der Waals surface area contributed by atoms with Gasteiger partial charge in [-0.25, -0.2) is 0 Å². The van der Waals surface area contributed by atoms with E-state index in [2.05, 4.69) is 41.6 Å². The lowest BCUT2D eigenvalue weighted by atomic mass is 10.0. The lowest BCUT2D eigenvalue weighted by Crippen LogP contribution is -2.11. The Morgan fingerprint density at radius 1 is 0.917 bits per heavy atom. The maximum Gasteiger partial charge on any atom is 0.119 e. The Hall–Kier alpha value is -1.72. The van der Waals surface area contributed by atoms with Crippen LogP contribution < -0.4 is 4.74 Å². The Balaban J connectivity index is 1.90. The molecule has 126 valence electrons. The first-order valence-corrected chi connectivity index (χ1v) is 9.51. The number of benzene rings is 2. The van der Waals surface area contributed by atoms with Crippen LogP contribution in [-0.2, 0) is 0 Å². The lowest BCUT2D eigenvalue weighted by Gasteiger charge is -2.15. The number of ether oxygens (including phenoxy) is 1. The zero-order valence-electron chi connectivity index (χ0n) is 14.5. The van der Waals surface area contributed by atoms with E-state index in [1.54, 1.807) is 0 Å². The van der Waals surface area contributed by atoms with Crippen molar-refractivity contribution in [2.24, 2.45) is 5.92 Å². The van der Waals surface area contributed by atoms with Crippen molar-refractivity contribution in [2.75, 3.05) is 6.61 Å². The smallest absolute Gasteiger partial charge is 0.119 e. The summed E-state index contributed by atoms with van der Waals surface area (Å²) in [5, 5.41) is 0. The van der Waals surface area contributed by atoms with Gasteiger partial charge in [0, 0.05) is 15.6 Å². The molecule has 1 atom stereocenters. The molecule has 0 bridgehead atoms. The molecule has 0 radical (unpaired) electrons. The summed E-state index contributed by atoms with van der Waals surface area (Å²) >= 11 is 3.43. The average Bonchev–Trinajstić information content (AvgIpc) is 2.62. The van der Waals surface area contributed by atoms with Gasteiger partial charge in [-0.1, -0.05) is 60.9 Å². The third-order valence-electron chi connectivity index (χ3n) is 4.08. The summed E-state index contributed by atoms with van der Waals surface area (Å²) < 4.78 is 7.00. The fourth-order valence-corrected chi connectivity index (χ4v) is 2.69. The van der Waals surface area contributed by atoms with E-state index in [-0.39, 0.29) is 0 Å². The molecule has 0 saturated heterocycles. The minimum Gasteiger partial charge on any atom is -0.493 e. The summed E-state index contributed by atoms with van der Waals surface area (Å²) in [4.78, 5) is 0. The van der Waals surface area contributed by atoms with Gasteiger partial charge in [0.25, 0.3) is 0 Å². The van der Waals surface area contributed by atoms with Crippen LogP contribution in [0.4, 0.5) is 0 Å². The molecule has 0 heterocycles. The summed E-state index contributed by atoms with van der Waals surface area (Å²) in [6.07, 6.45) is 4.97. The van der Waals surface area contributed by atoms with E-state index in [0.717, 1.165) is 28.0 Å². The normalized spacial score (nSPS) is 11.5. The van der Waals surface area contributed by atoms with Gasteiger partial charge in [0.05, 0.1) is 6.61 Å². The maximum absolute atomic E-state index is 5.93. The van der Waals surface area contributed by atoms with Gasteiger partial charge in [0.1, 0.15) is 5.75 Å². The summed E-state index contributed by atoms with van der Waals surface area (Å²) in [6, 6.07) is 16.1. The van der Waals surface area contributed by atoms with Crippen LogP contribution in [0.1, 0.15) is 50.7 Å². The summed E-state index contributed by atoms with van der Waals surface area (Å²) in [5.41, 5.74) is 2.02. The molecule has 0 amide bonds. The van der Waals surface area contributed by atoms with Gasteiger partial charge in [-0.15, -0.1) is 0 Å². The zero-order valence-corrected chi connectivity index (χ0v) is 16.1. The van der Waals surface area contributed by atoms with Crippen molar-refractivity contribution in [3.05, 3.63) is 64.1 Å². The number of hydrogen-bond acceptors (Lipinski definition) is 1. The molecule has 2 heteroatoms. The van der Waals surface area contributed by atoms with Crippen molar-refractivity contribution in [1.29, 1.82) is 0 Å². The molecule has 2 rings (SSSR count). The van der Waals surface area contributed by atoms with E-state index in [4.69, 9.17) is 4.74 Å². The van der Waals surface area contributed by atoms with Crippen LogP contribution in [0.5, 0.6) is 5.75 Å². The van der Waals surface area contributed by atoms with Gasteiger partial charge in [-0.05, 0) is 60.9 Å². The molecule has 2 aromatic carbocycles. The molecule has 0 aromatic heterocycles. The monoisotopic (exact) mass is 384 g/mol. The molecule has 0 aliphatic rings. The van der Waals surface area contributed by atoms with E-state index >= 15 is 0 Å². The van der Waals surface area contributed by atoms with Crippen LogP contribution in [0.2, 0.25) is 0 Å². The summed E-state index contributed by atoms with van der Waals surface area (Å²) in [5.74, 6) is 7.95. The Morgan fingerprint density at radius 2 is 1.50 bits per heavy atom. The quantitative estimate of drug-likeness (QED) is 0.498. The van der Waals surface area contributed by atoms with Crippen LogP contribution in [0.15, 0.2) is 53.0 Å². The predicted octanol–water partition coefficient (Wildman–Crippen LogP) is 6.44. The molecule has 1 unspecified atom stereocenters. The Labute approximate surface area is 154 Å². The number of rotatable bonds is 7. The van der Waals surface area contributed by atoms with E-state index in [1.807, 2.05) is 48.5 Å². The molecule has 2 aromatic rings. The van der Waals surface area contributed by atoms with Gasteiger partial charge in [0.2, 0.25) is 0 Å². The largest absolute Gasteiger partial charge is 0.493 e. The van der Waals surface area contributed by atoms with Crippen LogP contribution in [-0.4, -0.2) is 6.61 Å². The Kier molecular flexibility index (Phi) is 7.92. The third-order valence-corrected chi connectivity index (χ3v) is 4.61. The molecule has 24 heavy (non-hydrogen) atoms. The third kappa shape index (κ3) is 6.42. The Morgan fingerprint density at radius 3 is 2.04 bits per heavy atom.